The van der Waals surface area contributed by atoms with Gasteiger partial charge in [-0.3, -0.25) is 14.9 Å². The molecule has 1 aliphatic rings. The van der Waals surface area contributed by atoms with Gasteiger partial charge in [-0.15, -0.1) is 0 Å². The lowest BCUT2D eigenvalue weighted by molar-refractivity contribution is -0.383. The smallest absolute Gasteiger partial charge is 0.292 e. The molecule has 1 heterocycles. The van der Waals surface area contributed by atoms with Crippen molar-refractivity contribution < 1.29 is 14.5 Å². The summed E-state index contributed by atoms with van der Waals surface area (Å²) in [5.41, 5.74) is 6.75. The number of rotatable bonds is 4. The number of nitrogens with two attached hydrogens (primary N) is 1. The molecule has 136 valence electrons. The quantitative estimate of drug-likeness (QED) is 0.512. The number of carbonyl (C=O) groups is 1. The molecule has 0 bridgehead atoms. The lowest BCUT2D eigenvalue weighted by Gasteiger charge is -2.36. The van der Waals surface area contributed by atoms with Crippen LogP contribution in [0.15, 0.2) is 42.5 Å². The van der Waals surface area contributed by atoms with Crippen LogP contribution in [0.4, 0.5) is 17.1 Å². The summed E-state index contributed by atoms with van der Waals surface area (Å²) < 4.78 is 5.16. The van der Waals surface area contributed by atoms with Crippen LogP contribution < -0.4 is 15.4 Å². The molecule has 26 heavy (non-hydrogen) atoms. The molecule has 0 atom stereocenters. The largest absolute Gasteiger partial charge is 0.497 e. The molecular formula is C18H20N4O4. The Labute approximate surface area is 150 Å². The SMILES string of the molecule is COc1ccc(N2CCN(C(=O)c3ccc(N)c([N+](=O)[O-])c3)CC2)cc1. The van der Waals surface area contributed by atoms with Crippen molar-refractivity contribution in [3.8, 4) is 5.75 Å². The summed E-state index contributed by atoms with van der Waals surface area (Å²) in [7, 11) is 1.63. The van der Waals surface area contributed by atoms with Crippen molar-refractivity contribution in [3.05, 3.63) is 58.1 Å². The molecule has 1 saturated heterocycles. The van der Waals surface area contributed by atoms with Crippen LogP contribution in [0.1, 0.15) is 10.4 Å². The summed E-state index contributed by atoms with van der Waals surface area (Å²) >= 11 is 0. The van der Waals surface area contributed by atoms with E-state index < -0.39 is 4.92 Å². The monoisotopic (exact) mass is 356 g/mol. The van der Waals surface area contributed by atoms with Gasteiger partial charge in [0.25, 0.3) is 11.6 Å². The van der Waals surface area contributed by atoms with Crippen LogP contribution in [0.5, 0.6) is 5.75 Å². The van der Waals surface area contributed by atoms with Gasteiger partial charge in [-0.1, -0.05) is 0 Å². The maximum atomic E-state index is 12.6. The molecule has 0 aliphatic carbocycles. The molecule has 1 fully saturated rings. The standard InChI is InChI=1S/C18H20N4O4/c1-26-15-5-3-14(4-6-15)20-8-10-21(11-9-20)18(23)13-2-7-16(19)17(12-13)22(24)25/h2-7,12H,8-11,19H2,1H3. The number of nitro benzene ring substituents is 1. The summed E-state index contributed by atoms with van der Waals surface area (Å²) in [5.74, 6) is 0.579. The van der Waals surface area contributed by atoms with Crippen molar-refractivity contribution >= 4 is 23.0 Å². The number of carbonyl (C=O) groups excluding carboxylic acids is 1. The zero-order valence-corrected chi connectivity index (χ0v) is 14.4. The van der Waals surface area contributed by atoms with Crippen molar-refractivity contribution in [1.29, 1.82) is 0 Å². The highest BCUT2D eigenvalue weighted by Crippen LogP contribution is 2.24. The second kappa shape index (κ2) is 7.30. The highest BCUT2D eigenvalue weighted by Gasteiger charge is 2.24. The van der Waals surface area contributed by atoms with Gasteiger partial charge in [0, 0.05) is 43.5 Å². The average Bonchev–Trinajstić information content (AvgIpc) is 2.68. The summed E-state index contributed by atoms with van der Waals surface area (Å²) in [4.78, 5) is 27.0. The van der Waals surface area contributed by atoms with Crippen molar-refractivity contribution in [3.63, 3.8) is 0 Å². The van der Waals surface area contributed by atoms with Crippen LogP contribution in [0.25, 0.3) is 0 Å². The van der Waals surface area contributed by atoms with Crippen LogP contribution in [-0.4, -0.2) is 49.0 Å². The van der Waals surface area contributed by atoms with E-state index >= 15 is 0 Å². The zero-order chi connectivity index (χ0) is 18.7. The van der Waals surface area contributed by atoms with E-state index in [1.165, 1.54) is 18.2 Å². The second-order valence-electron chi connectivity index (χ2n) is 6.01. The third-order valence-electron chi connectivity index (χ3n) is 4.48. The molecule has 1 aliphatic heterocycles. The first-order valence-electron chi connectivity index (χ1n) is 8.22. The molecule has 0 saturated carbocycles. The highest BCUT2D eigenvalue weighted by atomic mass is 16.6. The van der Waals surface area contributed by atoms with E-state index in [-0.39, 0.29) is 22.8 Å². The molecular weight excluding hydrogens is 336 g/mol. The topological polar surface area (TPSA) is 102 Å². The van der Waals surface area contributed by atoms with Gasteiger partial charge in [0.05, 0.1) is 12.0 Å². The Morgan fingerprint density at radius 2 is 1.77 bits per heavy atom. The molecule has 0 radical (unpaired) electrons. The minimum absolute atomic E-state index is 0.0517. The lowest BCUT2D eigenvalue weighted by atomic mass is 10.1. The van der Waals surface area contributed by atoms with E-state index in [0.717, 1.165) is 11.4 Å². The summed E-state index contributed by atoms with van der Waals surface area (Å²) in [5, 5.41) is 11.0. The first-order valence-corrected chi connectivity index (χ1v) is 8.22. The maximum absolute atomic E-state index is 12.6. The third-order valence-corrected chi connectivity index (χ3v) is 4.48. The number of ether oxygens (including phenoxy) is 1. The molecule has 2 N–H and O–H groups in total. The second-order valence-corrected chi connectivity index (χ2v) is 6.01. The number of nitrogen functional groups attached to an aromatic ring is 1. The number of piperazine rings is 1. The van der Waals surface area contributed by atoms with Crippen LogP contribution >= 0.6 is 0 Å². The van der Waals surface area contributed by atoms with E-state index in [1.54, 1.807) is 12.0 Å². The first-order chi connectivity index (χ1) is 12.5. The summed E-state index contributed by atoms with van der Waals surface area (Å²) in [6.45, 7) is 2.47. The fraction of sp³-hybridized carbons (Fsp3) is 0.278. The molecule has 0 unspecified atom stereocenters. The number of anilines is 2. The van der Waals surface area contributed by atoms with Crippen LogP contribution in [-0.2, 0) is 0 Å². The number of nitrogens with zero attached hydrogens (tertiary/aromatic N) is 3. The Hall–Kier alpha value is -3.29. The van der Waals surface area contributed by atoms with E-state index in [1.807, 2.05) is 24.3 Å². The van der Waals surface area contributed by atoms with Crippen molar-refractivity contribution in [2.45, 2.75) is 0 Å². The van der Waals surface area contributed by atoms with Gasteiger partial charge < -0.3 is 20.3 Å². The van der Waals surface area contributed by atoms with Gasteiger partial charge >= 0.3 is 0 Å². The first kappa shape index (κ1) is 17.5. The van der Waals surface area contributed by atoms with Gasteiger partial charge in [-0.2, -0.15) is 0 Å². The molecule has 2 aromatic carbocycles. The number of hydrogen-bond acceptors (Lipinski definition) is 6. The van der Waals surface area contributed by atoms with Gasteiger partial charge in [0.15, 0.2) is 0 Å². The Balaban J connectivity index is 1.66. The number of nitro groups is 1. The lowest BCUT2D eigenvalue weighted by Crippen LogP contribution is -2.48. The fourth-order valence-electron chi connectivity index (χ4n) is 2.98. The minimum Gasteiger partial charge on any atom is -0.497 e. The molecule has 8 heteroatoms. The predicted octanol–water partition coefficient (Wildman–Crippen LogP) is 2.15. The number of methoxy groups -OCH3 is 1. The van der Waals surface area contributed by atoms with Crippen LogP contribution in [0.2, 0.25) is 0 Å². The fourth-order valence-corrected chi connectivity index (χ4v) is 2.98. The molecule has 0 spiro atoms. The summed E-state index contributed by atoms with van der Waals surface area (Å²) in [6.07, 6.45) is 0. The molecule has 1 amide bonds. The Morgan fingerprint density at radius 3 is 2.35 bits per heavy atom. The molecule has 8 nitrogen and oxygen atoms in total. The minimum atomic E-state index is -0.576. The van der Waals surface area contributed by atoms with E-state index in [4.69, 9.17) is 10.5 Å². The number of benzene rings is 2. The summed E-state index contributed by atoms with van der Waals surface area (Å²) in [6, 6.07) is 12.0. The van der Waals surface area contributed by atoms with E-state index in [2.05, 4.69) is 4.90 Å². The number of hydrogen-bond donors (Lipinski definition) is 1. The van der Waals surface area contributed by atoms with Gasteiger partial charge in [0.1, 0.15) is 11.4 Å². The molecule has 2 aromatic rings. The third kappa shape index (κ3) is 3.53. The zero-order valence-electron chi connectivity index (χ0n) is 14.4. The Kier molecular flexibility index (Phi) is 4.92. The van der Waals surface area contributed by atoms with Crippen LogP contribution in [0, 0.1) is 10.1 Å². The average molecular weight is 356 g/mol. The van der Waals surface area contributed by atoms with Gasteiger partial charge in [0.2, 0.25) is 0 Å². The molecule has 0 aromatic heterocycles. The van der Waals surface area contributed by atoms with Gasteiger partial charge in [-0.05, 0) is 36.4 Å². The highest BCUT2D eigenvalue weighted by molar-refractivity contribution is 5.95. The Morgan fingerprint density at radius 1 is 1.12 bits per heavy atom. The van der Waals surface area contributed by atoms with Crippen LogP contribution in [0.3, 0.4) is 0 Å². The van der Waals surface area contributed by atoms with E-state index in [9.17, 15) is 14.9 Å². The maximum Gasteiger partial charge on any atom is 0.292 e. The predicted molar refractivity (Wildman–Crippen MR) is 98.6 cm³/mol. The van der Waals surface area contributed by atoms with E-state index in [0.29, 0.717) is 26.2 Å². The normalized spacial score (nSPS) is 14.2. The number of amides is 1. The van der Waals surface area contributed by atoms with Crippen molar-refractivity contribution in [2.75, 3.05) is 43.9 Å². The van der Waals surface area contributed by atoms with Crippen molar-refractivity contribution in [1.82, 2.24) is 4.90 Å². The Bertz CT molecular complexity index is 814. The van der Waals surface area contributed by atoms with Crippen molar-refractivity contribution in [2.24, 2.45) is 0 Å². The van der Waals surface area contributed by atoms with Gasteiger partial charge in [-0.25, -0.2) is 0 Å². The molecule has 3 rings (SSSR count).